The van der Waals surface area contributed by atoms with Crippen LogP contribution < -0.4 is 10.2 Å². The first kappa shape index (κ1) is 21.4. The molecule has 0 aliphatic carbocycles. The lowest BCUT2D eigenvalue weighted by Crippen LogP contribution is -2.28. The van der Waals surface area contributed by atoms with Crippen LogP contribution in [-0.4, -0.2) is 17.0 Å². The number of halogens is 1. The zero-order valence-electron chi connectivity index (χ0n) is 17.5. The molecule has 0 radical (unpaired) electrons. The highest BCUT2D eigenvalue weighted by Crippen LogP contribution is 2.43. The Morgan fingerprint density at radius 1 is 1.00 bits per heavy atom. The quantitative estimate of drug-likeness (QED) is 0.221. The van der Waals surface area contributed by atoms with Gasteiger partial charge in [0.05, 0.1) is 22.1 Å². The molecule has 1 aromatic heterocycles. The molecule has 0 saturated carbocycles. The highest BCUT2D eigenvalue weighted by atomic mass is 35.5. The number of amides is 1. The maximum Gasteiger partial charge on any atom is 0.270 e. The zero-order chi connectivity index (χ0) is 23.7. The Hall–Kier alpha value is -4.43. The first-order valence-electron chi connectivity index (χ1n) is 10.2. The van der Waals surface area contributed by atoms with Crippen molar-refractivity contribution in [2.75, 3.05) is 0 Å². The predicted octanol–water partition coefficient (Wildman–Crippen LogP) is 5.90. The number of carbonyl (C=O) groups excluding carboxylic acids is 1. The minimum absolute atomic E-state index is 0.110. The Balaban J connectivity index is 1.34. The number of hydrazone groups is 1. The van der Waals surface area contributed by atoms with Gasteiger partial charge in [0.2, 0.25) is 0 Å². The molecule has 1 aliphatic rings. The Morgan fingerprint density at radius 3 is 2.32 bits per heavy atom. The van der Waals surface area contributed by atoms with Gasteiger partial charge < -0.3 is 9.15 Å². The molecule has 9 heteroatoms. The van der Waals surface area contributed by atoms with Crippen LogP contribution in [0.1, 0.15) is 22.8 Å². The number of nitro groups is 1. The molecule has 1 aliphatic heterocycles. The molecule has 34 heavy (non-hydrogen) atoms. The SMILES string of the molecule is O=C(NN=Cc1ccc(-c2ccc([N+](=O)[O-])cc2Cl)o1)C1c2ccccc2Oc2ccccc21. The monoisotopic (exact) mass is 473 g/mol. The van der Waals surface area contributed by atoms with Gasteiger partial charge in [-0.3, -0.25) is 14.9 Å². The lowest BCUT2D eigenvalue weighted by atomic mass is 9.87. The van der Waals surface area contributed by atoms with Crippen molar-refractivity contribution in [3.05, 3.63) is 111 Å². The second-order valence-electron chi connectivity index (χ2n) is 7.47. The summed E-state index contributed by atoms with van der Waals surface area (Å²) in [6, 6.07) is 22.2. The van der Waals surface area contributed by atoms with E-state index in [0.29, 0.717) is 28.6 Å². The number of furan rings is 1. The first-order valence-corrected chi connectivity index (χ1v) is 10.6. The molecule has 1 amide bonds. The molecule has 168 valence electrons. The van der Waals surface area contributed by atoms with E-state index in [1.807, 2.05) is 48.5 Å². The van der Waals surface area contributed by atoms with Crippen molar-refractivity contribution in [3.63, 3.8) is 0 Å². The van der Waals surface area contributed by atoms with Crippen LogP contribution in [0.3, 0.4) is 0 Å². The second-order valence-corrected chi connectivity index (χ2v) is 7.88. The Morgan fingerprint density at radius 2 is 1.68 bits per heavy atom. The number of hydrogen-bond donors (Lipinski definition) is 1. The summed E-state index contributed by atoms with van der Waals surface area (Å²) in [5.41, 5.74) is 4.48. The maximum absolute atomic E-state index is 13.1. The number of non-ortho nitro benzene ring substituents is 1. The molecule has 0 fully saturated rings. The molecule has 3 aromatic carbocycles. The highest BCUT2D eigenvalue weighted by Gasteiger charge is 2.32. The van der Waals surface area contributed by atoms with Crippen LogP contribution in [0.4, 0.5) is 5.69 Å². The van der Waals surface area contributed by atoms with Gasteiger partial charge in [0.1, 0.15) is 23.0 Å². The normalized spacial score (nSPS) is 12.6. The molecule has 1 N–H and O–H groups in total. The Bertz CT molecular complexity index is 1400. The number of ether oxygens (including phenoxy) is 1. The maximum atomic E-state index is 13.1. The first-order chi connectivity index (χ1) is 16.5. The van der Waals surface area contributed by atoms with Crippen LogP contribution >= 0.6 is 11.6 Å². The number of nitrogens with zero attached hydrogens (tertiary/aromatic N) is 2. The third kappa shape index (κ3) is 4.02. The number of para-hydroxylation sites is 2. The van der Waals surface area contributed by atoms with Gasteiger partial charge in [-0.15, -0.1) is 0 Å². The van der Waals surface area contributed by atoms with Crippen molar-refractivity contribution in [2.24, 2.45) is 5.10 Å². The molecule has 0 unspecified atom stereocenters. The van der Waals surface area contributed by atoms with Crippen LogP contribution in [0.5, 0.6) is 11.5 Å². The zero-order valence-corrected chi connectivity index (χ0v) is 18.2. The standard InChI is InChI=1S/C25H16ClN3O5/c26-20-13-15(29(31)32)9-11-17(20)23-12-10-16(33-23)14-27-28-25(30)24-18-5-1-3-7-21(18)34-22-8-4-2-6-19(22)24/h1-14,24H,(H,28,30). The summed E-state index contributed by atoms with van der Waals surface area (Å²) >= 11 is 6.17. The number of rotatable bonds is 5. The summed E-state index contributed by atoms with van der Waals surface area (Å²) < 4.78 is 11.6. The van der Waals surface area contributed by atoms with Gasteiger partial charge in [0.15, 0.2) is 0 Å². The molecule has 0 atom stereocenters. The number of hydrogen-bond acceptors (Lipinski definition) is 6. The fourth-order valence-corrected chi connectivity index (χ4v) is 4.07. The minimum atomic E-state index is -0.579. The van der Waals surface area contributed by atoms with E-state index in [-0.39, 0.29) is 16.6 Å². The third-order valence-electron chi connectivity index (χ3n) is 5.36. The van der Waals surface area contributed by atoms with E-state index in [0.717, 1.165) is 11.1 Å². The molecule has 0 bridgehead atoms. The molecule has 8 nitrogen and oxygen atoms in total. The molecule has 0 saturated heterocycles. The van der Waals surface area contributed by atoms with Crippen molar-refractivity contribution in [3.8, 4) is 22.8 Å². The smallest absolute Gasteiger partial charge is 0.270 e. The van der Waals surface area contributed by atoms with Crippen molar-refractivity contribution >= 4 is 29.4 Å². The van der Waals surface area contributed by atoms with E-state index < -0.39 is 10.8 Å². The van der Waals surface area contributed by atoms with E-state index in [4.69, 9.17) is 20.8 Å². The Labute approximate surface area is 198 Å². The number of benzene rings is 3. The van der Waals surface area contributed by atoms with Crippen LogP contribution in [0.2, 0.25) is 5.02 Å². The van der Waals surface area contributed by atoms with E-state index in [2.05, 4.69) is 10.5 Å². The summed E-state index contributed by atoms with van der Waals surface area (Å²) in [4.78, 5) is 23.5. The van der Waals surface area contributed by atoms with Crippen LogP contribution in [0, 0.1) is 10.1 Å². The van der Waals surface area contributed by atoms with Crippen molar-refractivity contribution in [1.82, 2.24) is 5.43 Å². The Kier molecular flexibility index (Phi) is 5.57. The van der Waals surface area contributed by atoms with Gasteiger partial charge in [-0.25, -0.2) is 5.43 Å². The summed E-state index contributed by atoms with van der Waals surface area (Å²) in [5.74, 6) is 1.15. The molecule has 2 heterocycles. The predicted molar refractivity (Wildman–Crippen MR) is 126 cm³/mol. The summed E-state index contributed by atoms with van der Waals surface area (Å²) in [6.07, 6.45) is 1.37. The van der Waals surface area contributed by atoms with E-state index in [9.17, 15) is 14.9 Å². The summed E-state index contributed by atoms with van der Waals surface area (Å²) in [6.45, 7) is 0. The van der Waals surface area contributed by atoms with Crippen LogP contribution in [-0.2, 0) is 4.79 Å². The van der Waals surface area contributed by atoms with Gasteiger partial charge >= 0.3 is 0 Å². The largest absolute Gasteiger partial charge is 0.457 e. The van der Waals surface area contributed by atoms with Gasteiger partial charge in [0, 0.05) is 28.8 Å². The fourth-order valence-electron chi connectivity index (χ4n) is 3.80. The molecular formula is C25H16ClN3O5. The average molecular weight is 474 g/mol. The van der Waals surface area contributed by atoms with Crippen LogP contribution in [0.25, 0.3) is 11.3 Å². The number of nitro benzene ring substituents is 1. The van der Waals surface area contributed by atoms with Gasteiger partial charge in [-0.1, -0.05) is 48.0 Å². The number of carbonyl (C=O) groups is 1. The lowest BCUT2D eigenvalue weighted by molar-refractivity contribution is -0.384. The molecular weight excluding hydrogens is 458 g/mol. The van der Waals surface area contributed by atoms with E-state index >= 15 is 0 Å². The van der Waals surface area contributed by atoms with Crippen molar-refractivity contribution in [1.29, 1.82) is 0 Å². The second kappa shape index (κ2) is 8.84. The van der Waals surface area contributed by atoms with Crippen LogP contribution in [0.15, 0.2) is 88.4 Å². The molecule has 4 aromatic rings. The van der Waals surface area contributed by atoms with E-state index in [1.165, 1.54) is 24.4 Å². The summed E-state index contributed by atoms with van der Waals surface area (Å²) in [7, 11) is 0. The van der Waals surface area contributed by atoms with E-state index in [1.54, 1.807) is 12.1 Å². The van der Waals surface area contributed by atoms with Gasteiger partial charge in [0.25, 0.3) is 11.6 Å². The van der Waals surface area contributed by atoms with Gasteiger partial charge in [-0.2, -0.15) is 5.10 Å². The number of fused-ring (bicyclic) bond motifs is 2. The van der Waals surface area contributed by atoms with Crippen molar-refractivity contribution in [2.45, 2.75) is 5.92 Å². The average Bonchev–Trinajstić information content (AvgIpc) is 3.30. The fraction of sp³-hybridized carbons (Fsp3) is 0.0400. The van der Waals surface area contributed by atoms with Gasteiger partial charge in [-0.05, 0) is 30.3 Å². The summed E-state index contributed by atoms with van der Waals surface area (Å²) in [5, 5.41) is 15.1. The molecule has 5 rings (SSSR count). The molecule has 0 spiro atoms. The number of nitrogens with one attached hydrogen (secondary N) is 1. The topological polar surface area (TPSA) is 107 Å². The highest BCUT2D eigenvalue weighted by molar-refractivity contribution is 6.33. The minimum Gasteiger partial charge on any atom is -0.457 e. The lowest BCUT2D eigenvalue weighted by Gasteiger charge is -2.26. The third-order valence-corrected chi connectivity index (χ3v) is 5.68. The van der Waals surface area contributed by atoms with Crippen molar-refractivity contribution < 1.29 is 18.9 Å².